The summed E-state index contributed by atoms with van der Waals surface area (Å²) in [6, 6.07) is 17.0. The first kappa shape index (κ1) is 14.8. The molecule has 0 aliphatic carbocycles. The van der Waals surface area contributed by atoms with Gasteiger partial charge >= 0.3 is 0 Å². The van der Waals surface area contributed by atoms with E-state index in [1.807, 2.05) is 54.6 Å². The van der Waals surface area contributed by atoms with Crippen molar-refractivity contribution in [3.8, 4) is 0 Å². The summed E-state index contributed by atoms with van der Waals surface area (Å²) in [4.78, 5) is 0. The Morgan fingerprint density at radius 3 is 1.60 bits per heavy atom. The number of benzene rings is 2. The van der Waals surface area contributed by atoms with Crippen molar-refractivity contribution in [2.75, 3.05) is 0 Å². The smallest absolute Gasteiger partial charge is 0.109 e. The Bertz CT molecular complexity index is 538. The molecule has 0 saturated heterocycles. The van der Waals surface area contributed by atoms with Crippen LogP contribution in [0, 0.1) is 0 Å². The van der Waals surface area contributed by atoms with Gasteiger partial charge in [0, 0.05) is 0 Å². The number of hydrogen-bond acceptors (Lipinski definition) is 2. The Kier molecular flexibility index (Phi) is 4.26. The molecule has 20 heavy (non-hydrogen) atoms. The summed E-state index contributed by atoms with van der Waals surface area (Å²) in [6.45, 7) is 6.45. The molecule has 2 aromatic carbocycles. The molecular formula is C18H22O2. The van der Waals surface area contributed by atoms with E-state index in [2.05, 4.69) is 20.8 Å². The Morgan fingerprint density at radius 1 is 0.700 bits per heavy atom. The third-order valence-corrected chi connectivity index (χ3v) is 3.56. The Hall–Kier alpha value is -1.64. The second kappa shape index (κ2) is 5.78. The van der Waals surface area contributed by atoms with E-state index in [1.54, 1.807) is 0 Å². The van der Waals surface area contributed by atoms with E-state index >= 15 is 0 Å². The highest BCUT2D eigenvalue weighted by atomic mass is 16.3. The zero-order chi connectivity index (χ0) is 14.8. The van der Waals surface area contributed by atoms with Gasteiger partial charge in [-0.1, -0.05) is 75.4 Å². The summed E-state index contributed by atoms with van der Waals surface area (Å²) >= 11 is 0. The van der Waals surface area contributed by atoms with Crippen LogP contribution in [0.1, 0.15) is 49.7 Å². The molecule has 0 aliphatic heterocycles. The molecule has 2 N–H and O–H groups in total. The Balaban J connectivity index is 2.19. The normalized spacial score (nSPS) is 14.8. The number of aliphatic hydroxyl groups excluding tert-OH is 2. The molecule has 106 valence electrons. The van der Waals surface area contributed by atoms with Gasteiger partial charge in [0.25, 0.3) is 0 Å². The fourth-order valence-corrected chi connectivity index (χ4v) is 2.20. The third-order valence-electron chi connectivity index (χ3n) is 3.56. The molecular weight excluding hydrogens is 248 g/mol. The zero-order valence-corrected chi connectivity index (χ0v) is 12.2. The number of hydrogen-bond donors (Lipinski definition) is 2. The first-order valence-corrected chi connectivity index (χ1v) is 6.91. The molecule has 2 aromatic rings. The first-order chi connectivity index (χ1) is 9.39. The molecule has 0 radical (unpaired) electrons. The molecule has 2 atom stereocenters. The molecule has 0 aliphatic rings. The van der Waals surface area contributed by atoms with Crippen LogP contribution in [-0.4, -0.2) is 10.2 Å². The van der Waals surface area contributed by atoms with Gasteiger partial charge < -0.3 is 10.2 Å². The zero-order valence-electron chi connectivity index (χ0n) is 12.2. The Labute approximate surface area is 120 Å². The summed E-state index contributed by atoms with van der Waals surface area (Å²) in [7, 11) is 0. The van der Waals surface area contributed by atoms with Crippen molar-refractivity contribution in [2.45, 2.75) is 38.4 Å². The van der Waals surface area contributed by atoms with Crippen LogP contribution in [0.4, 0.5) is 0 Å². The average Bonchev–Trinajstić information content (AvgIpc) is 2.46. The lowest BCUT2D eigenvalue weighted by Crippen LogP contribution is -2.13. The van der Waals surface area contributed by atoms with Gasteiger partial charge in [-0.3, -0.25) is 0 Å². The molecule has 0 fully saturated rings. The maximum atomic E-state index is 10.3. The van der Waals surface area contributed by atoms with E-state index < -0.39 is 12.2 Å². The molecule has 0 aromatic heterocycles. The molecule has 0 spiro atoms. The maximum Gasteiger partial charge on any atom is 0.109 e. The van der Waals surface area contributed by atoms with Gasteiger partial charge in [0.15, 0.2) is 0 Å². The van der Waals surface area contributed by atoms with E-state index in [1.165, 1.54) is 5.56 Å². The van der Waals surface area contributed by atoms with Crippen molar-refractivity contribution < 1.29 is 10.2 Å². The van der Waals surface area contributed by atoms with Crippen LogP contribution in [0.2, 0.25) is 0 Å². The SMILES string of the molecule is CC(C)(C)c1ccc(C(O)C(O)c2ccccc2)cc1. The van der Waals surface area contributed by atoms with Crippen molar-refractivity contribution in [3.05, 3.63) is 71.3 Å². The van der Waals surface area contributed by atoms with E-state index in [9.17, 15) is 10.2 Å². The minimum Gasteiger partial charge on any atom is -0.385 e. The van der Waals surface area contributed by atoms with Crippen LogP contribution >= 0.6 is 0 Å². The second-order valence-electron chi connectivity index (χ2n) is 6.17. The van der Waals surface area contributed by atoms with Gasteiger partial charge in [0.1, 0.15) is 12.2 Å². The topological polar surface area (TPSA) is 40.5 Å². The van der Waals surface area contributed by atoms with Crippen molar-refractivity contribution in [2.24, 2.45) is 0 Å². The molecule has 2 rings (SSSR count). The van der Waals surface area contributed by atoms with Crippen molar-refractivity contribution in [1.29, 1.82) is 0 Å². The van der Waals surface area contributed by atoms with Gasteiger partial charge in [-0.05, 0) is 22.1 Å². The number of rotatable bonds is 3. The Morgan fingerprint density at radius 2 is 1.15 bits per heavy atom. The molecule has 2 heteroatoms. The van der Waals surface area contributed by atoms with E-state index in [-0.39, 0.29) is 5.41 Å². The van der Waals surface area contributed by atoms with Gasteiger partial charge in [0.2, 0.25) is 0 Å². The summed E-state index contributed by atoms with van der Waals surface area (Å²) in [5, 5.41) is 20.5. The second-order valence-corrected chi connectivity index (χ2v) is 6.17. The van der Waals surface area contributed by atoms with Gasteiger partial charge in [-0.15, -0.1) is 0 Å². The van der Waals surface area contributed by atoms with Crippen LogP contribution in [0.15, 0.2) is 54.6 Å². The molecule has 2 nitrogen and oxygen atoms in total. The molecule has 0 amide bonds. The summed E-state index contributed by atoms with van der Waals surface area (Å²) in [5.41, 5.74) is 2.75. The maximum absolute atomic E-state index is 10.3. The van der Waals surface area contributed by atoms with Crippen LogP contribution in [0.3, 0.4) is 0 Å². The van der Waals surface area contributed by atoms with Gasteiger partial charge in [-0.2, -0.15) is 0 Å². The van der Waals surface area contributed by atoms with Gasteiger partial charge in [-0.25, -0.2) is 0 Å². The minimum absolute atomic E-state index is 0.0848. The van der Waals surface area contributed by atoms with Crippen LogP contribution in [0.5, 0.6) is 0 Å². The minimum atomic E-state index is -0.911. The fourth-order valence-electron chi connectivity index (χ4n) is 2.20. The van der Waals surface area contributed by atoms with E-state index in [0.29, 0.717) is 0 Å². The van der Waals surface area contributed by atoms with E-state index in [0.717, 1.165) is 11.1 Å². The van der Waals surface area contributed by atoms with Crippen molar-refractivity contribution in [1.82, 2.24) is 0 Å². The van der Waals surface area contributed by atoms with Crippen molar-refractivity contribution in [3.63, 3.8) is 0 Å². The molecule has 0 heterocycles. The van der Waals surface area contributed by atoms with Crippen LogP contribution in [0.25, 0.3) is 0 Å². The predicted molar refractivity (Wildman–Crippen MR) is 81.5 cm³/mol. The third kappa shape index (κ3) is 3.27. The highest BCUT2D eigenvalue weighted by Gasteiger charge is 2.21. The lowest BCUT2D eigenvalue weighted by Gasteiger charge is -2.22. The van der Waals surface area contributed by atoms with Gasteiger partial charge in [0.05, 0.1) is 0 Å². The molecule has 0 saturated carbocycles. The monoisotopic (exact) mass is 270 g/mol. The van der Waals surface area contributed by atoms with Crippen LogP contribution in [-0.2, 0) is 5.41 Å². The lowest BCUT2D eigenvalue weighted by molar-refractivity contribution is 0.0172. The predicted octanol–water partition coefficient (Wildman–Crippen LogP) is 3.75. The fraction of sp³-hybridized carbons (Fsp3) is 0.333. The standard InChI is InChI=1S/C18H22O2/c1-18(2,3)15-11-9-14(10-12-15)17(20)16(19)13-7-5-4-6-8-13/h4-12,16-17,19-20H,1-3H3. The number of aliphatic hydroxyl groups is 2. The highest BCUT2D eigenvalue weighted by molar-refractivity contribution is 5.30. The summed E-state index contributed by atoms with van der Waals surface area (Å²) in [5.74, 6) is 0. The highest BCUT2D eigenvalue weighted by Crippen LogP contribution is 2.30. The first-order valence-electron chi connectivity index (χ1n) is 6.91. The van der Waals surface area contributed by atoms with Crippen molar-refractivity contribution >= 4 is 0 Å². The lowest BCUT2D eigenvalue weighted by atomic mass is 9.86. The quantitative estimate of drug-likeness (QED) is 0.891. The average molecular weight is 270 g/mol. The molecule has 0 bridgehead atoms. The van der Waals surface area contributed by atoms with Crippen LogP contribution < -0.4 is 0 Å². The largest absolute Gasteiger partial charge is 0.385 e. The molecule has 2 unspecified atom stereocenters. The summed E-state index contributed by atoms with van der Waals surface area (Å²) < 4.78 is 0. The van der Waals surface area contributed by atoms with E-state index in [4.69, 9.17) is 0 Å². The summed E-state index contributed by atoms with van der Waals surface area (Å²) in [6.07, 6.45) is -1.82.